The van der Waals surface area contributed by atoms with Crippen molar-refractivity contribution in [2.24, 2.45) is 5.10 Å². The third-order valence-electron chi connectivity index (χ3n) is 4.00. The van der Waals surface area contributed by atoms with Crippen LogP contribution in [0.3, 0.4) is 0 Å². The van der Waals surface area contributed by atoms with Gasteiger partial charge in [0.1, 0.15) is 0 Å². The number of hydrogen-bond donors (Lipinski definition) is 0. The Labute approximate surface area is 165 Å². The largest absolute Gasteiger partial charge is 0.493 e. The van der Waals surface area contributed by atoms with Crippen molar-refractivity contribution in [2.45, 2.75) is 20.1 Å². The van der Waals surface area contributed by atoms with Gasteiger partial charge in [-0.15, -0.1) is 5.10 Å². The molecule has 0 spiro atoms. The molecule has 10 heteroatoms. The lowest BCUT2D eigenvalue weighted by Crippen LogP contribution is -2.25. The lowest BCUT2D eigenvalue weighted by atomic mass is 10.1. The minimum Gasteiger partial charge on any atom is -0.493 e. The fraction of sp³-hybridized carbons (Fsp3) is 0.211. The molecule has 2 aromatic rings. The molecule has 0 fully saturated rings. The summed E-state index contributed by atoms with van der Waals surface area (Å²) < 4.78 is 16.2. The predicted molar refractivity (Wildman–Crippen MR) is 100 cm³/mol. The fourth-order valence-corrected chi connectivity index (χ4v) is 2.73. The first-order valence-electron chi connectivity index (χ1n) is 8.46. The van der Waals surface area contributed by atoms with E-state index in [2.05, 4.69) is 5.10 Å². The summed E-state index contributed by atoms with van der Waals surface area (Å²) in [6, 6.07) is 10.4. The van der Waals surface area contributed by atoms with Crippen LogP contribution in [0.4, 0.5) is 5.69 Å². The molecule has 0 aromatic heterocycles. The van der Waals surface area contributed by atoms with E-state index in [1.165, 1.54) is 45.2 Å². The zero-order valence-corrected chi connectivity index (χ0v) is 15.8. The summed E-state index contributed by atoms with van der Waals surface area (Å²) in [5, 5.41) is 16.3. The van der Waals surface area contributed by atoms with Crippen LogP contribution in [-0.2, 0) is 14.3 Å². The molecule has 2 aromatic carbocycles. The number of rotatable bonds is 5. The molecule has 150 valence electrons. The quantitative estimate of drug-likeness (QED) is 0.328. The molecule has 10 nitrogen and oxygen atoms in total. The first kappa shape index (κ1) is 19.8. The van der Waals surface area contributed by atoms with E-state index in [0.717, 1.165) is 5.01 Å². The summed E-state index contributed by atoms with van der Waals surface area (Å²) in [5.41, 5.74) is 0.691. The van der Waals surface area contributed by atoms with Gasteiger partial charge in [-0.3, -0.25) is 19.7 Å². The molecule has 0 unspecified atom stereocenters. The Morgan fingerprint density at radius 2 is 1.93 bits per heavy atom. The Morgan fingerprint density at radius 3 is 2.55 bits per heavy atom. The molecule has 0 saturated heterocycles. The number of hydrogen-bond acceptors (Lipinski definition) is 8. The molecule has 0 N–H and O–H groups in total. The molecule has 29 heavy (non-hydrogen) atoms. The van der Waals surface area contributed by atoms with E-state index >= 15 is 0 Å². The van der Waals surface area contributed by atoms with Crippen molar-refractivity contribution >= 4 is 23.5 Å². The Morgan fingerprint density at radius 1 is 1.17 bits per heavy atom. The van der Waals surface area contributed by atoms with Crippen LogP contribution in [0.5, 0.6) is 11.5 Å². The van der Waals surface area contributed by atoms with E-state index in [9.17, 15) is 19.7 Å². The van der Waals surface area contributed by atoms with Crippen molar-refractivity contribution in [3.05, 3.63) is 63.7 Å². The average molecular weight is 399 g/mol. The summed E-state index contributed by atoms with van der Waals surface area (Å²) in [5.74, 6) is -0.395. The van der Waals surface area contributed by atoms with Gasteiger partial charge >= 0.3 is 5.97 Å². The maximum Gasteiger partial charge on any atom is 0.308 e. The van der Waals surface area contributed by atoms with Gasteiger partial charge in [-0.1, -0.05) is 6.07 Å². The van der Waals surface area contributed by atoms with Crippen molar-refractivity contribution < 1.29 is 28.7 Å². The highest BCUT2D eigenvalue weighted by Gasteiger charge is 2.34. The van der Waals surface area contributed by atoms with E-state index in [0.29, 0.717) is 16.9 Å². The number of benzene rings is 2. The molecule has 0 radical (unpaired) electrons. The predicted octanol–water partition coefficient (Wildman–Crippen LogP) is 2.77. The van der Waals surface area contributed by atoms with Crippen molar-refractivity contribution in [1.82, 2.24) is 5.01 Å². The smallest absolute Gasteiger partial charge is 0.308 e. The molecule has 1 heterocycles. The maximum absolute atomic E-state index is 12.1. The maximum atomic E-state index is 12.1. The van der Waals surface area contributed by atoms with Gasteiger partial charge in [-0.05, 0) is 24.3 Å². The van der Waals surface area contributed by atoms with E-state index < -0.39 is 23.0 Å². The summed E-state index contributed by atoms with van der Waals surface area (Å²) in [4.78, 5) is 33.9. The van der Waals surface area contributed by atoms with E-state index in [-0.39, 0.29) is 17.3 Å². The monoisotopic (exact) mass is 399 g/mol. The zero-order valence-electron chi connectivity index (χ0n) is 15.8. The Bertz CT molecular complexity index is 1020. The van der Waals surface area contributed by atoms with Gasteiger partial charge in [0.2, 0.25) is 18.0 Å². The highest BCUT2D eigenvalue weighted by atomic mass is 16.6. The zero-order chi connectivity index (χ0) is 21.1. The highest BCUT2D eigenvalue weighted by molar-refractivity contribution is 5.96. The molecule has 1 atom stereocenters. The highest BCUT2D eigenvalue weighted by Crippen LogP contribution is 2.36. The standard InChI is InChI=1S/C19H17N3O7/c1-11(23)21-19(14-7-8-16(27-3)17(10-14)28-12(2)24)29-18(20-21)13-5-4-6-15(9-13)22(25)26/h4-10,19H,1-3H3/t19-/m0/s1. The van der Waals surface area contributed by atoms with Crippen LogP contribution in [-0.4, -0.2) is 34.8 Å². The molecule has 0 aliphatic carbocycles. The topological polar surface area (TPSA) is 121 Å². The van der Waals surface area contributed by atoms with Gasteiger partial charge in [-0.25, -0.2) is 0 Å². The molecular weight excluding hydrogens is 382 g/mol. The first-order valence-corrected chi connectivity index (χ1v) is 8.46. The SMILES string of the molecule is COc1ccc([C@@H]2OC(c3cccc([N+](=O)[O-])c3)=NN2C(C)=O)cc1OC(C)=O. The Hall–Kier alpha value is -3.95. The molecule has 0 saturated carbocycles. The molecule has 1 aliphatic heterocycles. The minimum atomic E-state index is -0.943. The van der Waals surface area contributed by atoms with Crippen molar-refractivity contribution in [2.75, 3.05) is 7.11 Å². The van der Waals surface area contributed by atoms with Crippen LogP contribution in [0.15, 0.2) is 47.6 Å². The van der Waals surface area contributed by atoms with Crippen LogP contribution >= 0.6 is 0 Å². The molecule has 1 amide bonds. The van der Waals surface area contributed by atoms with Crippen LogP contribution in [0, 0.1) is 10.1 Å². The van der Waals surface area contributed by atoms with Gasteiger partial charge in [0.25, 0.3) is 5.69 Å². The number of nitrogens with zero attached hydrogens (tertiary/aromatic N) is 3. The van der Waals surface area contributed by atoms with Crippen LogP contribution in [0.25, 0.3) is 0 Å². The van der Waals surface area contributed by atoms with Crippen LogP contribution in [0.1, 0.15) is 31.2 Å². The van der Waals surface area contributed by atoms with Crippen LogP contribution in [0.2, 0.25) is 0 Å². The number of nitro benzene ring substituents is 1. The van der Waals surface area contributed by atoms with Crippen LogP contribution < -0.4 is 9.47 Å². The third-order valence-corrected chi connectivity index (χ3v) is 4.00. The fourth-order valence-electron chi connectivity index (χ4n) is 2.73. The number of ether oxygens (including phenoxy) is 3. The average Bonchev–Trinajstić information content (AvgIpc) is 3.13. The number of nitro groups is 1. The lowest BCUT2D eigenvalue weighted by Gasteiger charge is -2.20. The molecule has 1 aliphatic rings. The van der Waals surface area contributed by atoms with E-state index in [1.807, 2.05) is 0 Å². The second-order valence-corrected chi connectivity index (χ2v) is 6.05. The molecular formula is C19H17N3O7. The summed E-state index contributed by atoms with van der Waals surface area (Å²) in [7, 11) is 1.43. The number of non-ortho nitro benzene ring substituents is 1. The second-order valence-electron chi connectivity index (χ2n) is 6.05. The number of carbonyl (C=O) groups is 2. The van der Waals surface area contributed by atoms with Crippen molar-refractivity contribution in [3.63, 3.8) is 0 Å². The van der Waals surface area contributed by atoms with Gasteiger partial charge in [0.15, 0.2) is 11.5 Å². The van der Waals surface area contributed by atoms with Gasteiger partial charge in [0, 0.05) is 37.1 Å². The number of amides is 1. The Balaban J connectivity index is 1.97. The summed E-state index contributed by atoms with van der Waals surface area (Å²) in [6.07, 6.45) is -0.943. The van der Waals surface area contributed by atoms with Gasteiger partial charge in [0.05, 0.1) is 12.0 Å². The molecule has 3 rings (SSSR count). The number of methoxy groups -OCH3 is 1. The first-order chi connectivity index (χ1) is 13.8. The minimum absolute atomic E-state index is 0.0544. The normalized spacial score (nSPS) is 15.3. The third kappa shape index (κ3) is 4.15. The number of hydrazone groups is 1. The number of esters is 1. The second kappa shape index (κ2) is 7.97. The number of carbonyl (C=O) groups excluding carboxylic acids is 2. The van der Waals surface area contributed by atoms with E-state index in [4.69, 9.17) is 14.2 Å². The molecule has 0 bridgehead atoms. The Kier molecular flexibility index (Phi) is 5.44. The van der Waals surface area contributed by atoms with E-state index in [1.54, 1.807) is 18.2 Å². The van der Waals surface area contributed by atoms with Gasteiger partial charge < -0.3 is 14.2 Å². The lowest BCUT2D eigenvalue weighted by molar-refractivity contribution is -0.384. The van der Waals surface area contributed by atoms with Gasteiger partial charge in [-0.2, -0.15) is 5.01 Å². The van der Waals surface area contributed by atoms with Crippen molar-refractivity contribution in [3.8, 4) is 11.5 Å². The summed E-state index contributed by atoms with van der Waals surface area (Å²) >= 11 is 0. The van der Waals surface area contributed by atoms with Crippen molar-refractivity contribution in [1.29, 1.82) is 0 Å². The summed E-state index contributed by atoms with van der Waals surface area (Å²) in [6.45, 7) is 2.57.